The van der Waals surface area contributed by atoms with Gasteiger partial charge in [0.2, 0.25) is 0 Å². The number of benzene rings is 1. The van der Waals surface area contributed by atoms with E-state index in [2.05, 4.69) is 10.3 Å². The molecule has 1 saturated heterocycles. The minimum absolute atomic E-state index is 0.0918. The van der Waals surface area contributed by atoms with Gasteiger partial charge >= 0.3 is 0 Å². The predicted molar refractivity (Wildman–Crippen MR) is 91.9 cm³/mol. The standard InChI is InChI=1S/C19H18FN3O2/c20-15-4-1-13(2-5-15)17-12-23-11-14(3-6-18(23)22-17)19(24)21-16-7-9-25-10-8-16/h1-6,11-12,16H,7-10H2,(H,21,24). The Bertz CT molecular complexity index is 899. The number of imidazole rings is 1. The Morgan fingerprint density at radius 2 is 1.88 bits per heavy atom. The normalized spacial score (nSPS) is 15.4. The Kier molecular flexibility index (Phi) is 4.19. The zero-order valence-electron chi connectivity index (χ0n) is 13.6. The summed E-state index contributed by atoms with van der Waals surface area (Å²) in [5.74, 6) is -0.370. The number of halogens is 1. The first-order chi connectivity index (χ1) is 12.2. The molecule has 1 fully saturated rings. The van der Waals surface area contributed by atoms with Gasteiger partial charge < -0.3 is 14.5 Å². The lowest BCUT2D eigenvalue weighted by Crippen LogP contribution is -2.38. The highest BCUT2D eigenvalue weighted by Gasteiger charge is 2.17. The van der Waals surface area contributed by atoms with Gasteiger partial charge in [0, 0.05) is 37.2 Å². The highest BCUT2D eigenvalue weighted by atomic mass is 19.1. The summed E-state index contributed by atoms with van der Waals surface area (Å²) in [6, 6.07) is 9.94. The molecule has 5 nitrogen and oxygen atoms in total. The van der Waals surface area contributed by atoms with Crippen LogP contribution >= 0.6 is 0 Å². The van der Waals surface area contributed by atoms with Crippen LogP contribution in [0.15, 0.2) is 48.8 Å². The lowest BCUT2D eigenvalue weighted by molar-refractivity contribution is 0.0696. The summed E-state index contributed by atoms with van der Waals surface area (Å²) in [6.07, 6.45) is 5.29. The second-order valence-corrected chi connectivity index (χ2v) is 6.18. The maximum absolute atomic E-state index is 13.1. The van der Waals surface area contributed by atoms with Gasteiger partial charge in [-0.2, -0.15) is 0 Å². The summed E-state index contributed by atoms with van der Waals surface area (Å²) in [6.45, 7) is 1.37. The molecule has 25 heavy (non-hydrogen) atoms. The van der Waals surface area contributed by atoms with E-state index in [1.54, 1.807) is 24.4 Å². The molecule has 0 unspecified atom stereocenters. The molecule has 128 valence electrons. The smallest absolute Gasteiger partial charge is 0.252 e. The van der Waals surface area contributed by atoms with E-state index < -0.39 is 0 Å². The molecule has 1 aromatic carbocycles. The summed E-state index contributed by atoms with van der Waals surface area (Å²) >= 11 is 0. The average Bonchev–Trinajstić information content (AvgIpc) is 3.06. The van der Waals surface area contributed by atoms with Gasteiger partial charge in [-0.1, -0.05) is 0 Å². The maximum Gasteiger partial charge on any atom is 0.252 e. The maximum atomic E-state index is 13.1. The third-order valence-electron chi connectivity index (χ3n) is 4.41. The molecule has 3 heterocycles. The number of nitrogens with one attached hydrogen (secondary N) is 1. The van der Waals surface area contributed by atoms with Crippen molar-refractivity contribution in [3.05, 3.63) is 60.2 Å². The molecular formula is C19H18FN3O2. The lowest BCUT2D eigenvalue weighted by atomic mass is 10.1. The van der Waals surface area contributed by atoms with Crippen LogP contribution in [0.25, 0.3) is 16.9 Å². The molecule has 1 amide bonds. The molecule has 3 aromatic rings. The number of rotatable bonds is 3. The summed E-state index contributed by atoms with van der Waals surface area (Å²) < 4.78 is 20.2. The average molecular weight is 339 g/mol. The van der Waals surface area contributed by atoms with Crippen molar-refractivity contribution in [2.75, 3.05) is 13.2 Å². The molecule has 4 rings (SSSR count). The van der Waals surface area contributed by atoms with Crippen molar-refractivity contribution in [3.63, 3.8) is 0 Å². The topological polar surface area (TPSA) is 55.6 Å². The van der Waals surface area contributed by atoms with Crippen LogP contribution in [0.5, 0.6) is 0 Å². The number of hydrogen-bond donors (Lipinski definition) is 1. The second-order valence-electron chi connectivity index (χ2n) is 6.18. The fourth-order valence-electron chi connectivity index (χ4n) is 3.00. The van der Waals surface area contributed by atoms with Crippen LogP contribution in [0, 0.1) is 5.82 Å². The number of fused-ring (bicyclic) bond motifs is 1. The first-order valence-corrected chi connectivity index (χ1v) is 8.32. The van der Waals surface area contributed by atoms with Crippen LogP contribution in [0.1, 0.15) is 23.2 Å². The van der Waals surface area contributed by atoms with E-state index in [1.165, 1.54) is 12.1 Å². The molecule has 0 aliphatic carbocycles. The summed E-state index contributed by atoms with van der Waals surface area (Å²) in [5.41, 5.74) is 2.89. The molecule has 0 saturated carbocycles. The van der Waals surface area contributed by atoms with Crippen molar-refractivity contribution in [2.24, 2.45) is 0 Å². The van der Waals surface area contributed by atoms with E-state index in [4.69, 9.17) is 4.74 Å². The van der Waals surface area contributed by atoms with Crippen molar-refractivity contribution in [3.8, 4) is 11.3 Å². The first-order valence-electron chi connectivity index (χ1n) is 8.32. The van der Waals surface area contributed by atoms with Crippen LogP contribution in [-0.4, -0.2) is 34.5 Å². The highest BCUT2D eigenvalue weighted by Crippen LogP contribution is 2.20. The van der Waals surface area contributed by atoms with Gasteiger partial charge in [-0.3, -0.25) is 4.79 Å². The van der Waals surface area contributed by atoms with Crippen LogP contribution in [0.2, 0.25) is 0 Å². The van der Waals surface area contributed by atoms with Crippen molar-refractivity contribution < 1.29 is 13.9 Å². The van der Waals surface area contributed by atoms with Crippen LogP contribution in [0.4, 0.5) is 4.39 Å². The van der Waals surface area contributed by atoms with Crippen molar-refractivity contribution in [2.45, 2.75) is 18.9 Å². The number of aromatic nitrogens is 2. The molecule has 1 aliphatic rings. The number of carbonyl (C=O) groups excluding carboxylic acids is 1. The van der Waals surface area contributed by atoms with Gasteiger partial charge in [-0.15, -0.1) is 0 Å². The minimum atomic E-state index is -0.278. The van der Waals surface area contributed by atoms with Gasteiger partial charge in [0.1, 0.15) is 11.5 Å². The Morgan fingerprint density at radius 1 is 1.12 bits per heavy atom. The van der Waals surface area contributed by atoms with Gasteiger partial charge in [0.25, 0.3) is 5.91 Å². The van der Waals surface area contributed by atoms with E-state index in [-0.39, 0.29) is 17.8 Å². The van der Waals surface area contributed by atoms with Crippen molar-refractivity contribution >= 4 is 11.6 Å². The van der Waals surface area contributed by atoms with E-state index in [1.807, 2.05) is 16.7 Å². The van der Waals surface area contributed by atoms with Crippen molar-refractivity contribution in [1.29, 1.82) is 0 Å². The summed E-state index contributed by atoms with van der Waals surface area (Å²) in [5, 5.41) is 3.05. The first kappa shape index (κ1) is 15.8. The van der Waals surface area contributed by atoms with Crippen LogP contribution in [-0.2, 0) is 4.74 Å². The fraction of sp³-hybridized carbons (Fsp3) is 0.263. The molecule has 0 atom stereocenters. The highest BCUT2D eigenvalue weighted by molar-refractivity contribution is 5.94. The van der Waals surface area contributed by atoms with E-state index in [0.29, 0.717) is 18.8 Å². The number of amides is 1. The Hall–Kier alpha value is -2.73. The van der Waals surface area contributed by atoms with E-state index in [0.717, 1.165) is 29.7 Å². The number of hydrogen-bond acceptors (Lipinski definition) is 3. The zero-order valence-corrected chi connectivity index (χ0v) is 13.6. The number of nitrogens with zero attached hydrogens (tertiary/aromatic N) is 2. The van der Waals surface area contributed by atoms with E-state index >= 15 is 0 Å². The molecule has 0 radical (unpaired) electrons. The van der Waals surface area contributed by atoms with Crippen LogP contribution < -0.4 is 5.32 Å². The monoisotopic (exact) mass is 339 g/mol. The lowest BCUT2D eigenvalue weighted by Gasteiger charge is -2.23. The van der Waals surface area contributed by atoms with Gasteiger partial charge in [-0.25, -0.2) is 9.37 Å². The molecule has 0 bridgehead atoms. The van der Waals surface area contributed by atoms with Crippen molar-refractivity contribution in [1.82, 2.24) is 14.7 Å². The van der Waals surface area contributed by atoms with Crippen LogP contribution in [0.3, 0.4) is 0 Å². The Labute approximate surface area is 144 Å². The Morgan fingerprint density at radius 3 is 2.64 bits per heavy atom. The predicted octanol–water partition coefficient (Wildman–Crippen LogP) is 3.05. The van der Waals surface area contributed by atoms with Gasteiger partial charge in [-0.05, 0) is 49.2 Å². The second kappa shape index (κ2) is 6.64. The molecule has 1 aliphatic heterocycles. The van der Waals surface area contributed by atoms with Gasteiger partial charge in [0.15, 0.2) is 0 Å². The zero-order chi connectivity index (χ0) is 17.2. The number of ether oxygens (including phenoxy) is 1. The third kappa shape index (κ3) is 3.39. The molecule has 2 aromatic heterocycles. The molecule has 1 N–H and O–H groups in total. The third-order valence-corrected chi connectivity index (χ3v) is 4.41. The minimum Gasteiger partial charge on any atom is -0.381 e. The summed E-state index contributed by atoms with van der Waals surface area (Å²) in [7, 11) is 0. The molecule has 6 heteroatoms. The quantitative estimate of drug-likeness (QED) is 0.798. The Balaban J connectivity index is 1.57. The molecular weight excluding hydrogens is 321 g/mol. The largest absolute Gasteiger partial charge is 0.381 e. The fourth-order valence-corrected chi connectivity index (χ4v) is 3.00. The number of carbonyl (C=O) groups is 1. The SMILES string of the molecule is O=C(NC1CCOCC1)c1ccc2nc(-c3ccc(F)cc3)cn2c1. The molecule has 0 spiro atoms. The number of pyridine rings is 1. The summed E-state index contributed by atoms with van der Waals surface area (Å²) in [4.78, 5) is 17.0. The van der Waals surface area contributed by atoms with E-state index in [9.17, 15) is 9.18 Å². The van der Waals surface area contributed by atoms with Gasteiger partial charge in [0.05, 0.1) is 11.3 Å².